The Balaban J connectivity index is 2.48. The molecule has 11 heteroatoms. The van der Waals surface area contributed by atoms with E-state index in [1.165, 1.54) is 32.4 Å². The molecule has 0 bridgehead atoms. The number of rotatable bonds is 9. The number of nitrogens with one attached hydrogen (secondary N) is 2. The van der Waals surface area contributed by atoms with E-state index in [0.717, 1.165) is 10.6 Å². The van der Waals surface area contributed by atoms with Gasteiger partial charge in [-0.3, -0.25) is 4.79 Å². The summed E-state index contributed by atoms with van der Waals surface area (Å²) in [6.45, 7) is 3.38. The minimum atomic E-state index is -3.82. The summed E-state index contributed by atoms with van der Waals surface area (Å²) in [5.74, 6) is -0.436. The second kappa shape index (κ2) is 9.77. The molecule has 0 aliphatic heterocycles. The third-order valence-corrected chi connectivity index (χ3v) is 7.29. The van der Waals surface area contributed by atoms with Crippen molar-refractivity contribution < 1.29 is 26.4 Å². The minimum absolute atomic E-state index is 0.0648. The van der Waals surface area contributed by atoms with Gasteiger partial charge in [0.15, 0.2) is 0 Å². The fourth-order valence-electron chi connectivity index (χ4n) is 2.88. The van der Waals surface area contributed by atoms with Crippen LogP contribution in [0.1, 0.15) is 25.5 Å². The van der Waals surface area contributed by atoms with Crippen molar-refractivity contribution in [2.24, 2.45) is 0 Å². The summed E-state index contributed by atoms with van der Waals surface area (Å²) >= 11 is 0. The molecule has 2 aromatic rings. The first kappa shape index (κ1) is 24.8. The van der Waals surface area contributed by atoms with Gasteiger partial charge >= 0.3 is 0 Å². The van der Waals surface area contributed by atoms with E-state index in [2.05, 4.69) is 10.0 Å². The maximum atomic E-state index is 13.2. The number of hydrogen-bond donors (Lipinski definition) is 2. The van der Waals surface area contributed by atoms with Gasteiger partial charge in [-0.15, -0.1) is 0 Å². The van der Waals surface area contributed by atoms with Crippen LogP contribution in [0.2, 0.25) is 0 Å². The van der Waals surface area contributed by atoms with Crippen LogP contribution in [0.3, 0.4) is 0 Å². The Morgan fingerprint density at radius 3 is 2.16 bits per heavy atom. The van der Waals surface area contributed by atoms with E-state index in [9.17, 15) is 21.6 Å². The molecule has 0 aromatic heterocycles. The topological polar surface area (TPSA) is 122 Å². The molecule has 2 rings (SSSR count). The molecule has 170 valence electrons. The molecule has 1 amide bonds. The van der Waals surface area contributed by atoms with E-state index in [-0.39, 0.29) is 22.4 Å². The normalized spacial score (nSPS) is 13.3. The van der Waals surface area contributed by atoms with E-state index in [1.807, 2.05) is 0 Å². The molecule has 9 nitrogen and oxygen atoms in total. The molecule has 31 heavy (non-hydrogen) atoms. The van der Waals surface area contributed by atoms with Gasteiger partial charge in [0.2, 0.25) is 26.0 Å². The first-order valence-electron chi connectivity index (χ1n) is 9.36. The SMILES string of the molecule is COc1ccc(S(=O)(=O)NC(C)C)cc1NC(=O)C(c1ccccc1)N(C)S(C)(=O)=O. The maximum Gasteiger partial charge on any atom is 0.247 e. The molecule has 1 atom stereocenters. The monoisotopic (exact) mass is 469 g/mol. The third kappa shape index (κ3) is 6.26. The Hall–Kier alpha value is -2.47. The Labute approximate surface area is 183 Å². The lowest BCUT2D eigenvalue weighted by molar-refractivity contribution is -0.119. The number of sulfonamides is 2. The van der Waals surface area contributed by atoms with Crippen LogP contribution < -0.4 is 14.8 Å². The fraction of sp³-hybridized carbons (Fsp3) is 0.350. The smallest absolute Gasteiger partial charge is 0.247 e. The molecule has 0 saturated carbocycles. The molecule has 0 aliphatic rings. The molecular formula is C20H27N3O6S2. The standard InChI is InChI=1S/C20H27N3O6S2/c1-14(2)22-31(27,28)16-11-12-18(29-4)17(13-16)21-20(24)19(23(3)30(5,25)26)15-9-7-6-8-10-15/h6-14,19,22H,1-5H3,(H,21,24). The molecule has 0 fully saturated rings. The second-order valence-corrected chi connectivity index (χ2v) is 11.0. The number of carbonyl (C=O) groups is 1. The van der Waals surface area contributed by atoms with E-state index >= 15 is 0 Å². The quantitative estimate of drug-likeness (QED) is 0.579. The summed E-state index contributed by atoms with van der Waals surface area (Å²) in [5.41, 5.74) is 0.555. The van der Waals surface area contributed by atoms with E-state index in [4.69, 9.17) is 4.74 Å². The second-order valence-electron chi connectivity index (χ2n) is 7.22. The fourth-order valence-corrected chi connectivity index (χ4v) is 4.76. The van der Waals surface area contributed by atoms with Crippen molar-refractivity contribution in [1.82, 2.24) is 9.03 Å². The number of hydrogen-bond acceptors (Lipinski definition) is 6. The van der Waals surface area contributed by atoms with Gasteiger partial charge in [0.25, 0.3) is 0 Å². The zero-order valence-electron chi connectivity index (χ0n) is 18.0. The van der Waals surface area contributed by atoms with Gasteiger partial charge in [-0.1, -0.05) is 30.3 Å². The zero-order chi connectivity index (χ0) is 23.4. The predicted molar refractivity (Wildman–Crippen MR) is 119 cm³/mol. The van der Waals surface area contributed by atoms with E-state index < -0.39 is 32.0 Å². The van der Waals surface area contributed by atoms with Gasteiger partial charge in [0, 0.05) is 13.1 Å². The van der Waals surface area contributed by atoms with Crippen LogP contribution in [0, 0.1) is 0 Å². The van der Waals surface area contributed by atoms with Gasteiger partial charge in [0.05, 0.1) is 23.9 Å². The maximum absolute atomic E-state index is 13.2. The number of carbonyl (C=O) groups excluding carboxylic acids is 1. The van der Waals surface area contributed by atoms with Gasteiger partial charge in [-0.25, -0.2) is 21.6 Å². The van der Waals surface area contributed by atoms with Crippen LogP contribution in [0.25, 0.3) is 0 Å². The van der Waals surface area contributed by atoms with Crippen LogP contribution in [-0.2, 0) is 24.8 Å². The van der Waals surface area contributed by atoms with Crippen molar-refractivity contribution >= 4 is 31.6 Å². The zero-order valence-corrected chi connectivity index (χ0v) is 19.6. The summed E-state index contributed by atoms with van der Waals surface area (Å²) in [4.78, 5) is 13.1. The van der Waals surface area contributed by atoms with E-state index in [0.29, 0.717) is 5.56 Å². The number of anilines is 1. The molecule has 0 heterocycles. The van der Waals surface area contributed by atoms with Crippen molar-refractivity contribution in [3.63, 3.8) is 0 Å². The lowest BCUT2D eigenvalue weighted by Gasteiger charge is -2.26. The molecule has 0 radical (unpaired) electrons. The van der Waals surface area contributed by atoms with Crippen LogP contribution in [0.5, 0.6) is 5.75 Å². The van der Waals surface area contributed by atoms with Gasteiger partial charge in [-0.2, -0.15) is 4.31 Å². The molecule has 2 aromatic carbocycles. The lowest BCUT2D eigenvalue weighted by atomic mass is 10.1. The Morgan fingerprint density at radius 1 is 1.03 bits per heavy atom. The number of benzene rings is 2. The Kier molecular flexibility index (Phi) is 7.82. The molecule has 0 spiro atoms. The summed E-state index contributed by atoms with van der Waals surface area (Å²) < 4.78 is 58.0. The van der Waals surface area contributed by atoms with Crippen LogP contribution >= 0.6 is 0 Å². The highest BCUT2D eigenvalue weighted by Crippen LogP contribution is 2.30. The van der Waals surface area contributed by atoms with Crippen molar-refractivity contribution in [2.75, 3.05) is 25.7 Å². The average molecular weight is 470 g/mol. The predicted octanol–water partition coefficient (Wildman–Crippen LogP) is 1.95. The lowest BCUT2D eigenvalue weighted by Crippen LogP contribution is -2.38. The highest BCUT2D eigenvalue weighted by molar-refractivity contribution is 7.89. The molecule has 1 unspecified atom stereocenters. The average Bonchev–Trinajstić information content (AvgIpc) is 2.67. The molecular weight excluding hydrogens is 442 g/mol. The van der Waals surface area contributed by atoms with Gasteiger partial charge in [0.1, 0.15) is 11.8 Å². The van der Waals surface area contributed by atoms with Crippen molar-refractivity contribution in [2.45, 2.75) is 30.8 Å². The molecule has 0 saturated heterocycles. The van der Waals surface area contributed by atoms with Crippen molar-refractivity contribution in [1.29, 1.82) is 0 Å². The highest BCUT2D eigenvalue weighted by Gasteiger charge is 2.31. The Bertz CT molecular complexity index is 1130. The number of ether oxygens (including phenoxy) is 1. The summed E-state index contributed by atoms with van der Waals surface area (Å²) in [6, 6.07) is 11.0. The van der Waals surface area contributed by atoms with Crippen LogP contribution in [0.15, 0.2) is 53.4 Å². The summed E-state index contributed by atoms with van der Waals surface area (Å²) in [7, 11) is -4.85. The van der Waals surface area contributed by atoms with Gasteiger partial charge < -0.3 is 10.1 Å². The number of methoxy groups -OCH3 is 1. The van der Waals surface area contributed by atoms with Crippen molar-refractivity contribution in [3.05, 3.63) is 54.1 Å². The molecule has 2 N–H and O–H groups in total. The largest absolute Gasteiger partial charge is 0.495 e. The third-order valence-electron chi connectivity index (χ3n) is 4.38. The first-order chi connectivity index (χ1) is 14.4. The van der Waals surface area contributed by atoms with Crippen LogP contribution in [0.4, 0.5) is 5.69 Å². The van der Waals surface area contributed by atoms with E-state index in [1.54, 1.807) is 44.2 Å². The summed E-state index contributed by atoms with van der Waals surface area (Å²) in [6.07, 6.45) is 1.00. The van der Waals surface area contributed by atoms with Gasteiger partial charge in [-0.05, 0) is 37.6 Å². The number of amides is 1. The van der Waals surface area contributed by atoms with Crippen molar-refractivity contribution in [3.8, 4) is 5.75 Å². The Morgan fingerprint density at radius 2 is 1.65 bits per heavy atom. The minimum Gasteiger partial charge on any atom is -0.495 e. The number of likely N-dealkylation sites (N-methyl/N-ethyl adjacent to an activating group) is 1. The number of nitrogens with zero attached hydrogens (tertiary/aromatic N) is 1. The van der Waals surface area contributed by atoms with Crippen LogP contribution in [-0.4, -0.2) is 53.5 Å². The first-order valence-corrected chi connectivity index (χ1v) is 12.7. The summed E-state index contributed by atoms with van der Waals surface area (Å²) in [5, 5.41) is 2.62. The molecule has 0 aliphatic carbocycles. The highest BCUT2D eigenvalue weighted by atomic mass is 32.2.